The minimum absolute atomic E-state index is 0.141. The Hall–Kier alpha value is -1.42. The van der Waals surface area contributed by atoms with Gasteiger partial charge in [-0.3, -0.25) is 10.1 Å². The number of hydrogen-bond donors (Lipinski definition) is 0. The lowest BCUT2D eigenvalue weighted by Crippen LogP contribution is -1.85. The van der Waals surface area contributed by atoms with Gasteiger partial charge >= 0.3 is 0 Å². The van der Waals surface area contributed by atoms with Gasteiger partial charge in [-0.2, -0.15) is 0 Å². The fourth-order valence-electron chi connectivity index (χ4n) is 1.19. The number of aryl methyl sites for hydroxylation is 1. The van der Waals surface area contributed by atoms with E-state index >= 15 is 0 Å². The van der Waals surface area contributed by atoms with E-state index in [-0.39, 0.29) is 10.6 Å². The van der Waals surface area contributed by atoms with Crippen LogP contribution in [0.25, 0.3) is 10.1 Å². The molecule has 13 heavy (non-hydrogen) atoms. The Morgan fingerprint density at radius 3 is 3.00 bits per heavy atom. The molecule has 1 aromatic carbocycles. The maximum absolute atomic E-state index is 10.5. The molecule has 0 aliphatic rings. The molecule has 2 rings (SSSR count). The molecule has 0 unspecified atom stereocenters. The Morgan fingerprint density at radius 1 is 1.54 bits per heavy atom. The number of nitro benzene ring substituents is 1. The SMILES string of the molecule is Cc1[c]c2ccc([N+](=O)[O-])cc2s1. The molecule has 1 heterocycles. The minimum atomic E-state index is -0.380. The summed E-state index contributed by atoms with van der Waals surface area (Å²) in [6.07, 6.45) is 0. The zero-order valence-electron chi connectivity index (χ0n) is 6.90. The van der Waals surface area contributed by atoms with Crippen molar-refractivity contribution in [1.29, 1.82) is 0 Å². The molecule has 0 N–H and O–H groups in total. The van der Waals surface area contributed by atoms with Crippen LogP contribution in [0.1, 0.15) is 4.88 Å². The van der Waals surface area contributed by atoms with Crippen LogP contribution in [0.2, 0.25) is 0 Å². The second-order valence-corrected chi connectivity index (χ2v) is 3.98. The summed E-state index contributed by atoms with van der Waals surface area (Å²) in [7, 11) is 0. The van der Waals surface area contributed by atoms with Crippen LogP contribution in [0.4, 0.5) is 5.69 Å². The first-order valence-electron chi connectivity index (χ1n) is 3.74. The molecule has 0 bridgehead atoms. The van der Waals surface area contributed by atoms with Crippen LogP contribution >= 0.6 is 11.3 Å². The molecule has 0 aliphatic carbocycles. The summed E-state index contributed by atoms with van der Waals surface area (Å²) in [6, 6.07) is 7.95. The van der Waals surface area contributed by atoms with E-state index in [1.165, 1.54) is 17.4 Å². The normalized spacial score (nSPS) is 10.5. The van der Waals surface area contributed by atoms with Crippen LogP contribution in [0.5, 0.6) is 0 Å². The molecule has 1 radical (unpaired) electrons. The van der Waals surface area contributed by atoms with Crippen LogP contribution in [0.3, 0.4) is 0 Å². The summed E-state index contributed by atoms with van der Waals surface area (Å²) in [6.45, 7) is 1.94. The van der Waals surface area contributed by atoms with Gasteiger partial charge in [0.1, 0.15) is 0 Å². The lowest BCUT2D eigenvalue weighted by Gasteiger charge is -1.89. The lowest BCUT2D eigenvalue weighted by atomic mass is 10.2. The van der Waals surface area contributed by atoms with E-state index in [0.29, 0.717) is 0 Å². The van der Waals surface area contributed by atoms with Crippen LogP contribution in [0.15, 0.2) is 18.2 Å². The van der Waals surface area contributed by atoms with E-state index in [1.807, 2.05) is 6.92 Å². The highest BCUT2D eigenvalue weighted by Gasteiger charge is 2.07. The molecular weight excluding hydrogens is 186 g/mol. The van der Waals surface area contributed by atoms with Crippen molar-refractivity contribution in [3.05, 3.63) is 39.3 Å². The molecule has 0 aliphatic heterocycles. The van der Waals surface area contributed by atoms with Crippen LogP contribution in [0, 0.1) is 23.1 Å². The minimum Gasteiger partial charge on any atom is -0.258 e. The standard InChI is InChI=1S/C9H6NO2S/c1-6-4-7-2-3-8(10(11)12)5-9(7)13-6/h2-3,5H,1H3. The summed E-state index contributed by atoms with van der Waals surface area (Å²) in [5.41, 5.74) is 0.141. The van der Waals surface area contributed by atoms with E-state index in [4.69, 9.17) is 0 Å². The van der Waals surface area contributed by atoms with Crippen molar-refractivity contribution in [2.24, 2.45) is 0 Å². The number of nitro groups is 1. The topological polar surface area (TPSA) is 43.1 Å². The van der Waals surface area contributed by atoms with E-state index < -0.39 is 0 Å². The monoisotopic (exact) mass is 192 g/mol. The highest BCUT2D eigenvalue weighted by molar-refractivity contribution is 7.18. The Labute approximate surface area is 78.8 Å². The molecule has 0 spiro atoms. The third-order valence-corrected chi connectivity index (χ3v) is 2.72. The maximum atomic E-state index is 10.5. The number of nitrogens with zero attached hydrogens (tertiary/aromatic N) is 1. The van der Waals surface area contributed by atoms with Crippen molar-refractivity contribution >= 4 is 27.1 Å². The number of rotatable bonds is 1. The van der Waals surface area contributed by atoms with E-state index in [0.717, 1.165) is 15.0 Å². The summed E-state index contributed by atoms with van der Waals surface area (Å²) in [5.74, 6) is 0. The molecule has 1 aromatic heterocycles. The summed E-state index contributed by atoms with van der Waals surface area (Å²) in [4.78, 5) is 11.1. The molecule has 0 fully saturated rings. The third kappa shape index (κ3) is 1.40. The Balaban J connectivity index is 2.67. The van der Waals surface area contributed by atoms with Crippen molar-refractivity contribution in [2.45, 2.75) is 6.92 Å². The van der Waals surface area contributed by atoms with Gasteiger partial charge in [-0.25, -0.2) is 0 Å². The van der Waals surface area contributed by atoms with Gasteiger partial charge in [0.15, 0.2) is 0 Å². The molecule has 0 saturated carbocycles. The van der Waals surface area contributed by atoms with Gasteiger partial charge in [-0.05, 0) is 13.0 Å². The predicted octanol–water partition coefficient (Wildman–Crippen LogP) is 2.92. The van der Waals surface area contributed by atoms with E-state index in [1.54, 1.807) is 12.1 Å². The van der Waals surface area contributed by atoms with Crippen molar-refractivity contribution in [2.75, 3.05) is 0 Å². The largest absolute Gasteiger partial charge is 0.270 e. The Kier molecular flexibility index (Phi) is 1.77. The maximum Gasteiger partial charge on any atom is 0.270 e. The quantitative estimate of drug-likeness (QED) is 0.515. The molecular formula is C9H6NO2S. The number of non-ortho nitro benzene ring substituents is 1. The summed E-state index contributed by atoms with van der Waals surface area (Å²) < 4.78 is 0.923. The van der Waals surface area contributed by atoms with Crippen molar-refractivity contribution in [3.8, 4) is 0 Å². The average molecular weight is 192 g/mol. The van der Waals surface area contributed by atoms with Crippen molar-refractivity contribution in [3.63, 3.8) is 0 Å². The van der Waals surface area contributed by atoms with Crippen LogP contribution < -0.4 is 0 Å². The van der Waals surface area contributed by atoms with Gasteiger partial charge in [0.25, 0.3) is 5.69 Å². The summed E-state index contributed by atoms with van der Waals surface area (Å²) in [5, 5.41) is 11.4. The first-order chi connectivity index (χ1) is 6.16. The smallest absolute Gasteiger partial charge is 0.258 e. The van der Waals surface area contributed by atoms with Gasteiger partial charge < -0.3 is 0 Å². The first-order valence-corrected chi connectivity index (χ1v) is 4.55. The molecule has 65 valence electrons. The number of thiophene rings is 1. The highest BCUT2D eigenvalue weighted by atomic mass is 32.1. The average Bonchev–Trinajstić information content (AvgIpc) is 2.42. The molecule has 0 saturated heterocycles. The van der Waals surface area contributed by atoms with E-state index in [2.05, 4.69) is 6.07 Å². The molecule has 4 heteroatoms. The predicted molar refractivity (Wildman–Crippen MR) is 52.1 cm³/mol. The summed E-state index contributed by atoms with van der Waals surface area (Å²) >= 11 is 1.52. The second-order valence-electron chi connectivity index (χ2n) is 2.72. The number of fused-ring (bicyclic) bond motifs is 1. The van der Waals surface area contributed by atoms with Gasteiger partial charge in [-0.1, -0.05) is 0 Å². The Morgan fingerprint density at radius 2 is 2.31 bits per heavy atom. The number of hydrogen-bond acceptors (Lipinski definition) is 3. The van der Waals surface area contributed by atoms with Gasteiger partial charge in [0, 0.05) is 33.2 Å². The van der Waals surface area contributed by atoms with Gasteiger partial charge in [0.05, 0.1) is 4.92 Å². The fourth-order valence-corrected chi connectivity index (χ4v) is 2.09. The van der Waals surface area contributed by atoms with Crippen LogP contribution in [-0.2, 0) is 0 Å². The van der Waals surface area contributed by atoms with Crippen LogP contribution in [-0.4, -0.2) is 4.92 Å². The highest BCUT2D eigenvalue weighted by Crippen LogP contribution is 2.27. The van der Waals surface area contributed by atoms with Gasteiger partial charge in [-0.15, -0.1) is 11.3 Å². The van der Waals surface area contributed by atoms with Gasteiger partial charge in [0.2, 0.25) is 0 Å². The molecule has 2 aromatic rings. The van der Waals surface area contributed by atoms with Crippen molar-refractivity contribution < 1.29 is 4.92 Å². The zero-order chi connectivity index (χ0) is 9.42. The fraction of sp³-hybridized carbons (Fsp3) is 0.111. The Bertz CT molecular complexity index is 475. The molecule has 3 nitrogen and oxygen atoms in total. The lowest BCUT2D eigenvalue weighted by molar-refractivity contribution is -0.384. The van der Waals surface area contributed by atoms with E-state index in [9.17, 15) is 10.1 Å². The van der Waals surface area contributed by atoms with Crippen molar-refractivity contribution in [1.82, 2.24) is 0 Å². The third-order valence-electron chi connectivity index (χ3n) is 1.75. The number of benzene rings is 1. The first kappa shape index (κ1) is 8.19. The second kappa shape index (κ2) is 2.81. The molecule has 0 amide bonds. The molecule has 0 atom stereocenters. The zero-order valence-corrected chi connectivity index (χ0v) is 7.72.